The summed E-state index contributed by atoms with van der Waals surface area (Å²) in [5.41, 5.74) is 0.140. The van der Waals surface area contributed by atoms with Crippen molar-refractivity contribution in [3.63, 3.8) is 0 Å². The van der Waals surface area contributed by atoms with E-state index in [4.69, 9.17) is 0 Å². The quantitative estimate of drug-likeness (QED) is 0.837. The summed E-state index contributed by atoms with van der Waals surface area (Å²) in [6, 6.07) is 5.06. The highest BCUT2D eigenvalue weighted by Crippen LogP contribution is 2.29. The number of benzene rings is 1. The van der Waals surface area contributed by atoms with E-state index in [1.165, 1.54) is 23.5 Å². The zero-order chi connectivity index (χ0) is 12.5. The van der Waals surface area contributed by atoms with Crippen molar-refractivity contribution < 1.29 is 13.2 Å². The van der Waals surface area contributed by atoms with E-state index in [2.05, 4.69) is 26.1 Å². The summed E-state index contributed by atoms with van der Waals surface area (Å²) in [7, 11) is 0. The minimum atomic E-state index is -4.29. The Morgan fingerprint density at radius 2 is 1.76 bits per heavy atom. The topological polar surface area (TPSA) is 25.8 Å². The third-order valence-corrected chi connectivity index (χ3v) is 3.43. The van der Waals surface area contributed by atoms with E-state index < -0.39 is 11.7 Å². The highest BCUT2D eigenvalue weighted by Gasteiger charge is 2.29. The third-order valence-electron chi connectivity index (χ3n) is 2.08. The minimum Gasteiger partial charge on any atom is -0.166 e. The van der Waals surface area contributed by atoms with E-state index in [-0.39, 0.29) is 0 Å². The van der Waals surface area contributed by atoms with Gasteiger partial charge in [-0.05, 0) is 33.6 Å². The molecule has 1 aromatic heterocycles. The lowest BCUT2D eigenvalue weighted by Crippen LogP contribution is -2.04. The SMILES string of the molecule is FC(F)(F)c1ccc(Cc2nnc(Br)s2)cc1. The predicted octanol–water partition coefficient (Wildman–Crippen LogP) is 3.91. The van der Waals surface area contributed by atoms with Crippen LogP contribution in [0.2, 0.25) is 0 Å². The van der Waals surface area contributed by atoms with Crippen LogP contribution in [0.15, 0.2) is 28.2 Å². The van der Waals surface area contributed by atoms with Gasteiger partial charge in [-0.25, -0.2) is 0 Å². The molecule has 90 valence electrons. The van der Waals surface area contributed by atoms with Crippen molar-refractivity contribution in [2.75, 3.05) is 0 Å². The predicted molar refractivity (Wildman–Crippen MR) is 61.9 cm³/mol. The molecule has 0 aliphatic carbocycles. The summed E-state index contributed by atoms with van der Waals surface area (Å²) in [6.45, 7) is 0. The number of aromatic nitrogens is 2. The van der Waals surface area contributed by atoms with Gasteiger partial charge in [-0.3, -0.25) is 0 Å². The Kier molecular flexibility index (Phi) is 3.48. The summed E-state index contributed by atoms with van der Waals surface area (Å²) in [5, 5.41) is 8.42. The Hall–Kier alpha value is -0.950. The van der Waals surface area contributed by atoms with Crippen molar-refractivity contribution >= 4 is 27.3 Å². The maximum absolute atomic E-state index is 12.3. The van der Waals surface area contributed by atoms with Crippen molar-refractivity contribution in [3.8, 4) is 0 Å². The van der Waals surface area contributed by atoms with Crippen LogP contribution in [0.5, 0.6) is 0 Å². The zero-order valence-corrected chi connectivity index (χ0v) is 10.7. The summed E-state index contributed by atoms with van der Waals surface area (Å²) in [6.07, 6.45) is -3.80. The van der Waals surface area contributed by atoms with Crippen molar-refractivity contribution in [2.45, 2.75) is 12.6 Å². The molecule has 1 aromatic carbocycles. The molecule has 0 N–H and O–H groups in total. The van der Waals surface area contributed by atoms with E-state index in [1.807, 2.05) is 0 Å². The minimum absolute atomic E-state index is 0.488. The maximum atomic E-state index is 12.3. The molecule has 1 heterocycles. The number of halogens is 4. The normalized spacial score (nSPS) is 11.8. The number of nitrogens with zero attached hydrogens (tertiary/aromatic N) is 2. The molecule has 0 aliphatic rings. The Bertz CT molecular complexity index is 507. The van der Waals surface area contributed by atoms with Crippen molar-refractivity contribution in [1.29, 1.82) is 0 Å². The van der Waals surface area contributed by atoms with Gasteiger partial charge in [-0.15, -0.1) is 10.2 Å². The van der Waals surface area contributed by atoms with Gasteiger partial charge in [0.15, 0.2) is 3.92 Å². The molecule has 17 heavy (non-hydrogen) atoms. The molecule has 0 saturated heterocycles. The Morgan fingerprint density at radius 3 is 2.24 bits per heavy atom. The molecule has 2 rings (SSSR count). The lowest BCUT2D eigenvalue weighted by atomic mass is 10.1. The van der Waals surface area contributed by atoms with Crippen LogP contribution in [0.4, 0.5) is 13.2 Å². The molecule has 2 aromatic rings. The largest absolute Gasteiger partial charge is 0.416 e. The lowest BCUT2D eigenvalue weighted by Gasteiger charge is -2.06. The molecule has 0 bridgehead atoms. The van der Waals surface area contributed by atoms with E-state index in [9.17, 15) is 13.2 Å². The Labute approximate surface area is 108 Å². The summed E-state index contributed by atoms with van der Waals surface area (Å²) in [5.74, 6) is 0. The molecular weight excluding hydrogens is 317 g/mol. The van der Waals surface area contributed by atoms with Crippen LogP contribution in [0.3, 0.4) is 0 Å². The van der Waals surface area contributed by atoms with E-state index in [1.54, 1.807) is 0 Å². The molecule has 7 heteroatoms. The first-order valence-corrected chi connectivity index (χ1v) is 6.20. The second-order valence-corrected chi connectivity index (χ2v) is 5.66. The highest BCUT2D eigenvalue weighted by atomic mass is 79.9. The van der Waals surface area contributed by atoms with Crippen LogP contribution in [0.1, 0.15) is 16.1 Å². The highest BCUT2D eigenvalue weighted by molar-refractivity contribution is 9.11. The lowest BCUT2D eigenvalue weighted by molar-refractivity contribution is -0.137. The fraction of sp³-hybridized carbons (Fsp3) is 0.200. The van der Waals surface area contributed by atoms with E-state index in [0.717, 1.165) is 22.7 Å². The van der Waals surface area contributed by atoms with Gasteiger partial charge < -0.3 is 0 Å². The maximum Gasteiger partial charge on any atom is 0.416 e. The second-order valence-electron chi connectivity index (χ2n) is 3.32. The monoisotopic (exact) mass is 322 g/mol. The van der Waals surface area contributed by atoms with Crippen LogP contribution in [-0.2, 0) is 12.6 Å². The molecule has 0 aliphatic heterocycles. The second kappa shape index (κ2) is 4.73. The molecule has 0 radical (unpaired) electrons. The zero-order valence-electron chi connectivity index (χ0n) is 8.33. The molecule has 0 amide bonds. The van der Waals surface area contributed by atoms with Crippen LogP contribution in [0, 0.1) is 0 Å². The van der Waals surface area contributed by atoms with Gasteiger partial charge in [0.1, 0.15) is 5.01 Å². The number of rotatable bonds is 2. The fourth-order valence-corrected chi connectivity index (χ4v) is 2.53. The fourth-order valence-electron chi connectivity index (χ4n) is 1.29. The van der Waals surface area contributed by atoms with Crippen molar-refractivity contribution in [2.24, 2.45) is 0 Å². The van der Waals surface area contributed by atoms with E-state index in [0.29, 0.717) is 10.3 Å². The number of alkyl halides is 3. The summed E-state index contributed by atoms with van der Waals surface area (Å²) < 4.78 is 37.6. The van der Waals surface area contributed by atoms with Gasteiger partial charge in [-0.2, -0.15) is 13.2 Å². The Balaban J connectivity index is 2.13. The van der Waals surface area contributed by atoms with Gasteiger partial charge in [-0.1, -0.05) is 23.5 Å². The van der Waals surface area contributed by atoms with Crippen LogP contribution >= 0.6 is 27.3 Å². The standard InChI is InChI=1S/C10H6BrF3N2S/c11-9-16-15-8(17-9)5-6-1-3-7(4-2-6)10(12,13)14/h1-4H,5H2. The first-order valence-electron chi connectivity index (χ1n) is 4.59. The molecular formula is C10H6BrF3N2S. The average Bonchev–Trinajstić information content (AvgIpc) is 2.63. The van der Waals surface area contributed by atoms with Gasteiger partial charge in [0.25, 0.3) is 0 Å². The van der Waals surface area contributed by atoms with Gasteiger partial charge in [0.2, 0.25) is 0 Å². The van der Waals surface area contributed by atoms with Gasteiger partial charge >= 0.3 is 6.18 Å². The molecule has 0 fully saturated rings. The van der Waals surface area contributed by atoms with Crippen LogP contribution in [-0.4, -0.2) is 10.2 Å². The Morgan fingerprint density at radius 1 is 1.12 bits per heavy atom. The molecule has 0 atom stereocenters. The first-order chi connectivity index (χ1) is 7.95. The van der Waals surface area contributed by atoms with Crippen LogP contribution in [0.25, 0.3) is 0 Å². The summed E-state index contributed by atoms with van der Waals surface area (Å²) in [4.78, 5) is 0. The van der Waals surface area contributed by atoms with Crippen LogP contribution < -0.4 is 0 Å². The first kappa shape index (κ1) is 12.5. The van der Waals surface area contributed by atoms with Crippen molar-refractivity contribution in [3.05, 3.63) is 44.3 Å². The van der Waals surface area contributed by atoms with E-state index >= 15 is 0 Å². The average molecular weight is 323 g/mol. The molecule has 0 saturated carbocycles. The van der Waals surface area contributed by atoms with Crippen molar-refractivity contribution in [1.82, 2.24) is 10.2 Å². The van der Waals surface area contributed by atoms with Gasteiger partial charge in [0.05, 0.1) is 5.56 Å². The molecule has 2 nitrogen and oxygen atoms in total. The number of hydrogen-bond acceptors (Lipinski definition) is 3. The van der Waals surface area contributed by atoms with Gasteiger partial charge in [0, 0.05) is 6.42 Å². The molecule has 0 unspecified atom stereocenters. The molecule has 0 spiro atoms. The summed E-state index contributed by atoms with van der Waals surface area (Å²) >= 11 is 4.54. The number of hydrogen-bond donors (Lipinski definition) is 0. The smallest absolute Gasteiger partial charge is 0.166 e. The third kappa shape index (κ3) is 3.26.